The van der Waals surface area contributed by atoms with Crippen molar-refractivity contribution in [3.63, 3.8) is 0 Å². The lowest BCUT2D eigenvalue weighted by molar-refractivity contribution is -0.130. The first-order chi connectivity index (χ1) is 14.2. The fourth-order valence-corrected chi connectivity index (χ4v) is 4.98. The predicted molar refractivity (Wildman–Crippen MR) is 115 cm³/mol. The molecule has 1 aromatic rings. The zero-order chi connectivity index (χ0) is 24.0. The first-order valence-corrected chi connectivity index (χ1v) is 11.1. The predicted octanol–water partition coefficient (Wildman–Crippen LogP) is 2.26. The van der Waals surface area contributed by atoms with Crippen molar-refractivity contribution < 1.29 is 37.0 Å². The topological polar surface area (TPSA) is 145 Å². The average Bonchev–Trinajstić information content (AvgIpc) is 3.05. The lowest BCUT2D eigenvalue weighted by atomic mass is 10.1. The summed E-state index contributed by atoms with van der Waals surface area (Å²) >= 11 is 0.551. The molecule has 0 aliphatic rings. The summed E-state index contributed by atoms with van der Waals surface area (Å²) in [6.07, 6.45) is 1.81. The van der Waals surface area contributed by atoms with Crippen molar-refractivity contribution in [2.24, 2.45) is 5.73 Å². The van der Waals surface area contributed by atoms with Crippen LogP contribution in [0.5, 0.6) is 0 Å². The van der Waals surface area contributed by atoms with Gasteiger partial charge >= 0.3 is 0 Å². The molecule has 0 spiro atoms. The van der Waals surface area contributed by atoms with Crippen molar-refractivity contribution in [2.75, 3.05) is 25.6 Å². The lowest BCUT2D eigenvalue weighted by Gasteiger charge is -2.16. The van der Waals surface area contributed by atoms with Crippen molar-refractivity contribution >= 4 is 38.0 Å². The molecule has 0 aliphatic heterocycles. The number of allylic oxidation sites excluding steroid dienone is 4. The van der Waals surface area contributed by atoms with Gasteiger partial charge in [-0.25, -0.2) is 12.8 Å². The Hall–Kier alpha value is -2.54. The molecule has 0 saturated heterocycles. The molecule has 0 unspecified atom stereocenters. The zero-order valence-corrected chi connectivity index (χ0v) is 19.2. The van der Waals surface area contributed by atoms with Gasteiger partial charge in [0.1, 0.15) is 37.9 Å². The summed E-state index contributed by atoms with van der Waals surface area (Å²) in [4.78, 5) is 23.5. The molecule has 1 heterocycles. The van der Waals surface area contributed by atoms with Crippen LogP contribution in [0.4, 0.5) is 9.39 Å². The van der Waals surface area contributed by atoms with Crippen LogP contribution in [-0.4, -0.2) is 51.3 Å². The quantitative estimate of drug-likeness (QED) is 0.252. The van der Waals surface area contributed by atoms with Gasteiger partial charge in [0.05, 0.1) is 12.2 Å². The number of thiophene rings is 1. The van der Waals surface area contributed by atoms with E-state index in [4.69, 9.17) is 15.2 Å². The maximum Gasteiger partial charge on any atom is 0.256 e. The van der Waals surface area contributed by atoms with Crippen molar-refractivity contribution in [1.29, 1.82) is 0 Å². The molecule has 1 rings (SSSR count). The van der Waals surface area contributed by atoms with Gasteiger partial charge in [-0.2, -0.15) is 0 Å². The third-order valence-electron chi connectivity index (χ3n) is 3.68. The number of halogens is 1. The molecule has 0 radical (unpaired) electrons. The average molecular weight is 477 g/mol. The summed E-state index contributed by atoms with van der Waals surface area (Å²) < 4.78 is 49.4. The summed E-state index contributed by atoms with van der Waals surface area (Å²) in [6.45, 7) is 7.07. The molecule has 0 aromatic carbocycles. The van der Waals surface area contributed by atoms with E-state index >= 15 is 0 Å². The molecular formula is C19H25FN2O7S2. The number of methoxy groups -OCH3 is 1. The lowest BCUT2D eigenvalue weighted by Crippen LogP contribution is -2.36. The number of hydrogen-bond acceptors (Lipinski definition) is 8. The first-order valence-electron chi connectivity index (χ1n) is 8.79. The third-order valence-corrected chi connectivity index (χ3v) is 7.08. The number of rotatable bonds is 11. The standard InChI is InChI=1S/C19H25FN2O7S2/c1-11(20)6-7-14(12(2)29-9-8-28-5)31(26,27)15-10-13(16(21)23)17(30-15)22-18(24)19(3,4)25/h6-7,10,25H,1,8-9H2,2-5H3,(H2,21,23)(H,22,24)/b7-6-,14-12-. The van der Waals surface area contributed by atoms with Crippen LogP contribution >= 0.6 is 11.3 Å². The van der Waals surface area contributed by atoms with E-state index in [1.54, 1.807) is 0 Å². The molecular weight excluding hydrogens is 451 g/mol. The molecule has 31 heavy (non-hydrogen) atoms. The van der Waals surface area contributed by atoms with E-state index in [0.717, 1.165) is 18.2 Å². The molecule has 12 heteroatoms. The number of aliphatic hydroxyl groups is 1. The van der Waals surface area contributed by atoms with E-state index in [-0.39, 0.29) is 38.7 Å². The Balaban J connectivity index is 3.54. The van der Waals surface area contributed by atoms with Crippen LogP contribution in [0.25, 0.3) is 0 Å². The number of carbonyl (C=O) groups is 2. The summed E-state index contributed by atoms with van der Waals surface area (Å²) in [5.74, 6) is -2.80. The van der Waals surface area contributed by atoms with Gasteiger partial charge in [0, 0.05) is 7.11 Å². The molecule has 0 aliphatic carbocycles. The van der Waals surface area contributed by atoms with Gasteiger partial charge < -0.3 is 25.6 Å². The van der Waals surface area contributed by atoms with Crippen LogP contribution in [0.3, 0.4) is 0 Å². The summed E-state index contributed by atoms with van der Waals surface area (Å²) in [5, 5.41) is 11.9. The smallest absolute Gasteiger partial charge is 0.256 e. The molecule has 1 aromatic heterocycles. The number of ether oxygens (including phenoxy) is 2. The Morgan fingerprint density at radius 2 is 1.97 bits per heavy atom. The van der Waals surface area contributed by atoms with Crippen molar-refractivity contribution in [3.05, 3.63) is 46.9 Å². The maximum atomic E-state index is 13.2. The Labute approximate surface area is 184 Å². The Bertz CT molecular complexity index is 1020. The summed E-state index contributed by atoms with van der Waals surface area (Å²) in [6, 6.07) is 0.989. The number of carbonyl (C=O) groups excluding carboxylic acids is 2. The summed E-state index contributed by atoms with van der Waals surface area (Å²) in [5.41, 5.74) is 3.25. The van der Waals surface area contributed by atoms with E-state index in [9.17, 15) is 27.5 Å². The van der Waals surface area contributed by atoms with Gasteiger partial charge in [0.25, 0.3) is 11.8 Å². The minimum atomic E-state index is -4.32. The van der Waals surface area contributed by atoms with E-state index in [0.29, 0.717) is 11.3 Å². The number of sulfone groups is 1. The highest BCUT2D eigenvalue weighted by Gasteiger charge is 2.30. The number of nitrogens with one attached hydrogen (secondary N) is 1. The second-order valence-corrected chi connectivity index (χ2v) is 9.93. The minimum Gasteiger partial charge on any atom is -0.494 e. The van der Waals surface area contributed by atoms with Crippen LogP contribution in [-0.2, 0) is 24.1 Å². The zero-order valence-electron chi connectivity index (χ0n) is 17.5. The van der Waals surface area contributed by atoms with E-state index in [1.165, 1.54) is 27.9 Å². The van der Waals surface area contributed by atoms with E-state index < -0.39 is 33.1 Å². The monoisotopic (exact) mass is 476 g/mol. The Morgan fingerprint density at radius 1 is 1.35 bits per heavy atom. The molecule has 0 atom stereocenters. The molecule has 4 N–H and O–H groups in total. The maximum absolute atomic E-state index is 13.2. The van der Waals surface area contributed by atoms with Gasteiger partial charge in [-0.3, -0.25) is 9.59 Å². The third kappa shape index (κ3) is 7.28. The second-order valence-electron chi connectivity index (χ2n) is 6.73. The summed E-state index contributed by atoms with van der Waals surface area (Å²) in [7, 11) is -2.89. The van der Waals surface area contributed by atoms with Gasteiger partial charge in [0.2, 0.25) is 9.84 Å². The highest BCUT2D eigenvalue weighted by Crippen LogP contribution is 2.36. The van der Waals surface area contributed by atoms with Crippen LogP contribution in [0.1, 0.15) is 31.1 Å². The molecule has 0 fully saturated rings. The molecule has 2 amide bonds. The van der Waals surface area contributed by atoms with E-state index in [2.05, 4.69) is 11.9 Å². The van der Waals surface area contributed by atoms with Gasteiger partial charge in [0.15, 0.2) is 0 Å². The highest BCUT2D eigenvalue weighted by molar-refractivity contribution is 7.97. The minimum absolute atomic E-state index is 0.0373. The molecule has 0 bridgehead atoms. The largest absolute Gasteiger partial charge is 0.494 e. The fourth-order valence-electron chi connectivity index (χ4n) is 2.05. The molecule has 172 valence electrons. The Kier molecular flexibility index (Phi) is 9.11. The number of hydrogen-bond donors (Lipinski definition) is 3. The normalized spacial score (nSPS) is 13.1. The van der Waals surface area contributed by atoms with Crippen LogP contribution in [0.2, 0.25) is 0 Å². The number of primary amides is 1. The van der Waals surface area contributed by atoms with Gasteiger partial charge in [-0.1, -0.05) is 6.58 Å². The van der Waals surface area contributed by atoms with Crippen molar-refractivity contribution in [1.82, 2.24) is 0 Å². The van der Waals surface area contributed by atoms with Crippen LogP contribution < -0.4 is 11.1 Å². The number of anilines is 1. The number of amides is 2. The fraction of sp³-hybridized carbons (Fsp3) is 0.368. The molecule has 0 saturated carbocycles. The van der Waals surface area contributed by atoms with Gasteiger partial charge in [-0.15, -0.1) is 11.3 Å². The molecule has 9 nitrogen and oxygen atoms in total. The van der Waals surface area contributed by atoms with Crippen molar-refractivity contribution in [3.8, 4) is 0 Å². The van der Waals surface area contributed by atoms with Crippen molar-refractivity contribution in [2.45, 2.75) is 30.6 Å². The Morgan fingerprint density at radius 3 is 2.45 bits per heavy atom. The SMILES string of the molecule is C=C(F)/C=C\C(=C(/C)OCCOC)S(=O)(=O)c1cc(C(N)=O)c(NC(=O)C(C)(C)O)s1. The van der Waals surface area contributed by atoms with Crippen LogP contribution in [0.15, 0.2) is 45.5 Å². The van der Waals surface area contributed by atoms with E-state index in [1.807, 2.05) is 0 Å². The second kappa shape index (κ2) is 10.7. The van der Waals surface area contributed by atoms with Crippen LogP contribution in [0, 0.1) is 0 Å². The van der Waals surface area contributed by atoms with Gasteiger partial charge in [-0.05, 0) is 39.0 Å². The number of nitrogens with two attached hydrogens (primary N) is 1. The first kappa shape index (κ1) is 26.5. The highest BCUT2D eigenvalue weighted by atomic mass is 32.2.